The Bertz CT molecular complexity index is 693. The molecule has 2 aromatic rings. The number of aryl methyl sites for hydroxylation is 1. The molecule has 1 aromatic carbocycles. The zero-order valence-corrected chi connectivity index (χ0v) is 11.6. The van der Waals surface area contributed by atoms with Gasteiger partial charge in [-0.25, -0.2) is 18.6 Å². The van der Waals surface area contributed by atoms with E-state index >= 15 is 0 Å². The van der Waals surface area contributed by atoms with Crippen LogP contribution in [-0.4, -0.2) is 22.1 Å². The average molecular weight is 292 g/mol. The van der Waals surface area contributed by atoms with Gasteiger partial charge in [0.15, 0.2) is 0 Å². The summed E-state index contributed by atoms with van der Waals surface area (Å²) in [4.78, 5) is 16.1. The van der Waals surface area contributed by atoms with Gasteiger partial charge in [0.25, 0.3) is 0 Å². The molecule has 0 aliphatic carbocycles. The Morgan fingerprint density at radius 2 is 2.19 bits per heavy atom. The molecule has 0 saturated heterocycles. The van der Waals surface area contributed by atoms with Crippen LogP contribution in [0.4, 0.5) is 8.78 Å². The second-order valence-electron chi connectivity index (χ2n) is 4.31. The van der Waals surface area contributed by atoms with Crippen LogP contribution in [0.3, 0.4) is 0 Å². The van der Waals surface area contributed by atoms with Crippen LogP contribution in [0.2, 0.25) is 0 Å². The molecule has 0 aliphatic rings. The fourth-order valence-corrected chi connectivity index (χ4v) is 1.83. The number of hydrogen-bond donors (Lipinski definition) is 0. The first-order valence-electron chi connectivity index (χ1n) is 6.34. The number of carbonyl (C=O) groups is 1. The number of hydrogen-bond acceptors (Lipinski definition) is 3. The van der Waals surface area contributed by atoms with Crippen LogP contribution < -0.4 is 0 Å². The van der Waals surface area contributed by atoms with E-state index in [9.17, 15) is 13.6 Å². The minimum absolute atomic E-state index is 0.0407. The van der Waals surface area contributed by atoms with Gasteiger partial charge in [0.05, 0.1) is 6.61 Å². The summed E-state index contributed by atoms with van der Waals surface area (Å²) in [7, 11) is 1.69. The third kappa shape index (κ3) is 3.34. The van der Waals surface area contributed by atoms with Crippen molar-refractivity contribution in [1.82, 2.24) is 9.55 Å². The molecule has 0 saturated carbocycles. The summed E-state index contributed by atoms with van der Waals surface area (Å²) in [5.41, 5.74) is 0.0231. The summed E-state index contributed by atoms with van der Waals surface area (Å²) in [6, 6.07) is 3.03. The first kappa shape index (κ1) is 14.9. The number of esters is 1. The SMILES string of the molecule is CCOC(=O)/C(=C/c1cc(F)ccc1F)c1nccn1C. The molecule has 0 spiro atoms. The molecule has 0 bridgehead atoms. The highest BCUT2D eigenvalue weighted by Gasteiger charge is 2.18. The van der Waals surface area contributed by atoms with Gasteiger partial charge in [-0.05, 0) is 31.2 Å². The molecule has 0 radical (unpaired) electrons. The zero-order valence-electron chi connectivity index (χ0n) is 11.6. The highest BCUT2D eigenvalue weighted by Crippen LogP contribution is 2.20. The van der Waals surface area contributed by atoms with E-state index in [2.05, 4.69) is 4.98 Å². The second-order valence-corrected chi connectivity index (χ2v) is 4.31. The van der Waals surface area contributed by atoms with Gasteiger partial charge in [-0.2, -0.15) is 0 Å². The highest BCUT2D eigenvalue weighted by atomic mass is 19.1. The summed E-state index contributed by atoms with van der Waals surface area (Å²) >= 11 is 0. The number of carbonyl (C=O) groups excluding carboxylic acids is 1. The van der Waals surface area contributed by atoms with Crippen LogP contribution in [0, 0.1) is 11.6 Å². The number of aromatic nitrogens is 2. The Morgan fingerprint density at radius 1 is 1.43 bits per heavy atom. The van der Waals surface area contributed by atoms with Crippen LogP contribution in [0.5, 0.6) is 0 Å². The molecule has 2 rings (SSSR count). The van der Waals surface area contributed by atoms with Crippen molar-refractivity contribution in [1.29, 1.82) is 0 Å². The van der Waals surface area contributed by atoms with E-state index in [1.54, 1.807) is 24.7 Å². The topological polar surface area (TPSA) is 44.1 Å². The molecule has 110 valence electrons. The van der Waals surface area contributed by atoms with Gasteiger partial charge in [-0.3, -0.25) is 0 Å². The number of nitrogens with zero attached hydrogens (tertiary/aromatic N) is 2. The van der Waals surface area contributed by atoms with Gasteiger partial charge in [-0.1, -0.05) is 0 Å². The van der Waals surface area contributed by atoms with E-state index in [1.807, 2.05) is 0 Å². The molecule has 21 heavy (non-hydrogen) atoms. The molecule has 1 heterocycles. The first-order valence-corrected chi connectivity index (χ1v) is 6.34. The van der Waals surface area contributed by atoms with Crippen LogP contribution >= 0.6 is 0 Å². The lowest BCUT2D eigenvalue weighted by Crippen LogP contribution is -2.10. The summed E-state index contributed by atoms with van der Waals surface area (Å²) in [6.45, 7) is 1.84. The summed E-state index contributed by atoms with van der Waals surface area (Å²) in [5, 5.41) is 0. The number of ether oxygens (including phenoxy) is 1. The standard InChI is InChI=1S/C15H14F2N2O2/c1-3-21-15(20)12(14-18-6-7-19(14)2)9-10-8-11(16)4-5-13(10)17/h4-9H,3H2,1-2H3/b12-9+. The number of rotatable bonds is 4. The van der Waals surface area contributed by atoms with Gasteiger partial charge in [0.1, 0.15) is 23.0 Å². The minimum atomic E-state index is -0.643. The largest absolute Gasteiger partial charge is 0.462 e. The lowest BCUT2D eigenvalue weighted by Gasteiger charge is -2.08. The third-order valence-corrected chi connectivity index (χ3v) is 2.82. The van der Waals surface area contributed by atoms with Crippen molar-refractivity contribution in [2.24, 2.45) is 7.05 Å². The quantitative estimate of drug-likeness (QED) is 0.643. The summed E-state index contributed by atoms with van der Waals surface area (Å²) < 4.78 is 33.5. The molecule has 0 fully saturated rings. The zero-order chi connectivity index (χ0) is 15.4. The van der Waals surface area contributed by atoms with Crippen molar-refractivity contribution >= 4 is 17.6 Å². The predicted molar refractivity (Wildman–Crippen MR) is 74.1 cm³/mol. The lowest BCUT2D eigenvalue weighted by atomic mass is 10.1. The molecule has 1 aromatic heterocycles. The Hall–Kier alpha value is -2.50. The van der Waals surface area contributed by atoms with Crippen molar-refractivity contribution in [3.05, 3.63) is 53.6 Å². The van der Waals surface area contributed by atoms with Crippen molar-refractivity contribution in [2.75, 3.05) is 6.61 Å². The van der Waals surface area contributed by atoms with E-state index < -0.39 is 17.6 Å². The first-order chi connectivity index (χ1) is 10.0. The summed E-state index contributed by atoms with van der Waals surface area (Å²) in [5.74, 6) is -1.55. The van der Waals surface area contributed by atoms with Gasteiger partial charge >= 0.3 is 5.97 Å². The fraction of sp³-hybridized carbons (Fsp3) is 0.200. The molecule has 0 aliphatic heterocycles. The van der Waals surface area contributed by atoms with Crippen molar-refractivity contribution < 1.29 is 18.3 Å². The van der Waals surface area contributed by atoms with E-state index in [4.69, 9.17) is 4.74 Å². The minimum Gasteiger partial charge on any atom is -0.462 e. The van der Waals surface area contributed by atoms with Crippen molar-refractivity contribution in [3.8, 4) is 0 Å². The van der Waals surface area contributed by atoms with E-state index in [0.29, 0.717) is 5.82 Å². The molecular weight excluding hydrogens is 278 g/mol. The van der Waals surface area contributed by atoms with E-state index in [0.717, 1.165) is 18.2 Å². The Labute approximate surface area is 120 Å². The maximum atomic E-state index is 13.7. The van der Waals surface area contributed by atoms with Crippen LogP contribution in [0.15, 0.2) is 30.6 Å². The molecule has 0 atom stereocenters. The second kappa shape index (κ2) is 6.30. The maximum Gasteiger partial charge on any atom is 0.341 e. The fourth-order valence-electron chi connectivity index (χ4n) is 1.83. The number of imidazole rings is 1. The average Bonchev–Trinajstić information content (AvgIpc) is 2.86. The Balaban J connectivity index is 2.54. The van der Waals surface area contributed by atoms with Gasteiger partial charge < -0.3 is 9.30 Å². The predicted octanol–water partition coefficient (Wildman–Crippen LogP) is 2.80. The van der Waals surface area contributed by atoms with Crippen LogP contribution in [-0.2, 0) is 16.6 Å². The van der Waals surface area contributed by atoms with Crippen molar-refractivity contribution in [3.63, 3.8) is 0 Å². The van der Waals surface area contributed by atoms with Crippen LogP contribution in [0.1, 0.15) is 18.3 Å². The molecule has 0 unspecified atom stereocenters. The van der Waals surface area contributed by atoms with Crippen molar-refractivity contribution in [2.45, 2.75) is 6.92 Å². The smallest absolute Gasteiger partial charge is 0.341 e. The van der Waals surface area contributed by atoms with Gasteiger partial charge in [0.2, 0.25) is 0 Å². The molecule has 0 amide bonds. The maximum absolute atomic E-state index is 13.7. The Kier molecular flexibility index (Phi) is 4.47. The molecule has 6 heteroatoms. The monoisotopic (exact) mass is 292 g/mol. The van der Waals surface area contributed by atoms with Gasteiger partial charge in [0, 0.05) is 25.0 Å². The van der Waals surface area contributed by atoms with Gasteiger partial charge in [-0.15, -0.1) is 0 Å². The van der Waals surface area contributed by atoms with E-state index in [1.165, 1.54) is 12.3 Å². The van der Waals surface area contributed by atoms with E-state index in [-0.39, 0.29) is 17.7 Å². The number of halogens is 2. The highest BCUT2D eigenvalue weighted by molar-refractivity contribution is 6.20. The number of benzene rings is 1. The molecule has 0 N–H and O–H groups in total. The third-order valence-electron chi connectivity index (χ3n) is 2.82. The normalized spacial score (nSPS) is 11.5. The molecule has 4 nitrogen and oxygen atoms in total. The lowest BCUT2D eigenvalue weighted by molar-refractivity contribution is -0.136. The molecular formula is C15H14F2N2O2. The Morgan fingerprint density at radius 3 is 2.81 bits per heavy atom. The van der Waals surface area contributed by atoms with Crippen LogP contribution in [0.25, 0.3) is 11.6 Å². The summed E-state index contributed by atoms with van der Waals surface area (Å²) in [6.07, 6.45) is 4.38.